The van der Waals surface area contributed by atoms with E-state index in [1.807, 2.05) is 24.3 Å². The molecule has 0 radical (unpaired) electrons. The quantitative estimate of drug-likeness (QED) is 0.787. The Bertz CT molecular complexity index is 408. The fraction of sp³-hybridized carbons (Fsp3) is 0.462. The lowest BCUT2D eigenvalue weighted by Crippen LogP contribution is -2.34. The highest BCUT2D eigenvalue weighted by molar-refractivity contribution is 7.80. The monoisotopic (exact) mass is 234 g/mol. The fourth-order valence-corrected chi connectivity index (χ4v) is 2.24. The zero-order chi connectivity index (χ0) is 11.8. The van der Waals surface area contributed by atoms with Crippen molar-refractivity contribution in [3.63, 3.8) is 0 Å². The number of hydrogen-bond donors (Lipinski definition) is 2. The van der Waals surface area contributed by atoms with Crippen molar-refractivity contribution in [2.24, 2.45) is 11.7 Å². The number of anilines is 1. The van der Waals surface area contributed by atoms with Crippen LogP contribution in [0.4, 0.5) is 5.69 Å². The second-order valence-corrected chi connectivity index (χ2v) is 5.47. The van der Waals surface area contributed by atoms with Gasteiger partial charge in [-0.25, -0.2) is 0 Å². The Kier molecular flexibility index (Phi) is 2.89. The molecule has 1 fully saturated rings. The Hall–Kier alpha value is -1.09. The number of para-hydroxylation sites is 1. The smallest absolute Gasteiger partial charge is 0.106 e. The van der Waals surface area contributed by atoms with Gasteiger partial charge in [0.25, 0.3) is 0 Å². The van der Waals surface area contributed by atoms with Gasteiger partial charge in [-0.3, -0.25) is 0 Å². The molecule has 0 aromatic heterocycles. The van der Waals surface area contributed by atoms with Crippen molar-refractivity contribution in [1.29, 1.82) is 0 Å². The van der Waals surface area contributed by atoms with Crippen molar-refractivity contribution in [3.8, 4) is 0 Å². The van der Waals surface area contributed by atoms with Crippen LogP contribution in [0.5, 0.6) is 0 Å². The van der Waals surface area contributed by atoms with Gasteiger partial charge in [0.05, 0.1) is 0 Å². The normalized spacial score (nSPS) is 15.9. The second-order valence-electron chi connectivity index (χ2n) is 5.03. The first kappa shape index (κ1) is 11.4. The number of benzene rings is 1. The standard InChI is InChI=1S/C13H18N2S/c1-13(2,9-7-8-9)15-11-6-4-3-5-10(11)12(14)16/h3-6,9,15H,7-8H2,1-2H3,(H2,14,16). The lowest BCUT2D eigenvalue weighted by atomic mass is 9.97. The van der Waals surface area contributed by atoms with Gasteiger partial charge in [0.1, 0.15) is 4.99 Å². The summed E-state index contributed by atoms with van der Waals surface area (Å²) in [5.74, 6) is 0.770. The first-order valence-electron chi connectivity index (χ1n) is 5.68. The van der Waals surface area contributed by atoms with Crippen molar-refractivity contribution in [2.45, 2.75) is 32.2 Å². The van der Waals surface area contributed by atoms with Crippen LogP contribution in [0.15, 0.2) is 24.3 Å². The van der Waals surface area contributed by atoms with E-state index in [0.717, 1.165) is 17.2 Å². The molecule has 1 aromatic rings. The molecule has 16 heavy (non-hydrogen) atoms. The van der Waals surface area contributed by atoms with Gasteiger partial charge >= 0.3 is 0 Å². The minimum Gasteiger partial charge on any atom is -0.389 e. The second kappa shape index (κ2) is 4.06. The van der Waals surface area contributed by atoms with E-state index in [-0.39, 0.29) is 5.54 Å². The minimum atomic E-state index is 0.126. The highest BCUT2D eigenvalue weighted by atomic mass is 32.1. The van der Waals surface area contributed by atoms with Gasteiger partial charge in [0.15, 0.2) is 0 Å². The van der Waals surface area contributed by atoms with E-state index in [0.29, 0.717) is 4.99 Å². The fourth-order valence-electron chi connectivity index (χ4n) is 2.06. The molecule has 0 spiro atoms. The van der Waals surface area contributed by atoms with E-state index in [1.54, 1.807) is 0 Å². The molecule has 3 heteroatoms. The summed E-state index contributed by atoms with van der Waals surface area (Å²) in [5, 5.41) is 3.56. The van der Waals surface area contributed by atoms with Crippen molar-refractivity contribution in [2.75, 3.05) is 5.32 Å². The third kappa shape index (κ3) is 2.35. The molecule has 0 aliphatic heterocycles. The Balaban J connectivity index is 2.23. The molecule has 0 saturated heterocycles. The van der Waals surface area contributed by atoms with Gasteiger partial charge < -0.3 is 11.1 Å². The van der Waals surface area contributed by atoms with Crippen LogP contribution in [0.3, 0.4) is 0 Å². The molecule has 0 heterocycles. The number of thiocarbonyl (C=S) groups is 1. The SMILES string of the molecule is CC(C)(Nc1ccccc1C(N)=S)C1CC1. The summed E-state index contributed by atoms with van der Waals surface area (Å²) in [5.41, 5.74) is 7.83. The molecule has 3 N–H and O–H groups in total. The summed E-state index contributed by atoms with van der Waals surface area (Å²) in [6, 6.07) is 7.98. The molecule has 2 rings (SSSR count). The number of nitrogens with two attached hydrogens (primary N) is 1. The predicted molar refractivity (Wildman–Crippen MR) is 72.8 cm³/mol. The largest absolute Gasteiger partial charge is 0.389 e. The van der Waals surface area contributed by atoms with E-state index in [4.69, 9.17) is 18.0 Å². The Morgan fingerprint density at radius 2 is 2.00 bits per heavy atom. The average molecular weight is 234 g/mol. The van der Waals surface area contributed by atoms with Crippen molar-refractivity contribution in [1.82, 2.24) is 0 Å². The third-order valence-corrected chi connectivity index (χ3v) is 3.47. The van der Waals surface area contributed by atoms with Crippen LogP contribution < -0.4 is 11.1 Å². The Morgan fingerprint density at radius 3 is 2.56 bits per heavy atom. The molecule has 0 amide bonds. The zero-order valence-electron chi connectivity index (χ0n) is 9.79. The lowest BCUT2D eigenvalue weighted by molar-refractivity contribution is 0.494. The molecule has 1 aliphatic carbocycles. The van der Waals surface area contributed by atoms with Gasteiger partial charge in [-0.05, 0) is 44.7 Å². The highest BCUT2D eigenvalue weighted by Crippen LogP contribution is 2.41. The van der Waals surface area contributed by atoms with Crippen LogP contribution in [0, 0.1) is 5.92 Å². The molecular weight excluding hydrogens is 216 g/mol. The number of nitrogens with one attached hydrogen (secondary N) is 1. The van der Waals surface area contributed by atoms with Crippen molar-refractivity contribution >= 4 is 22.9 Å². The maximum absolute atomic E-state index is 5.72. The van der Waals surface area contributed by atoms with Gasteiger partial charge in [0, 0.05) is 16.8 Å². The van der Waals surface area contributed by atoms with Crippen LogP contribution in [0.2, 0.25) is 0 Å². The molecule has 1 saturated carbocycles. The van der Waals surface area contributed by atoms with Crippen LogP contribution in [-0.2, 0) is 0 Å². The van der Waals surface area contributed by atoms with Crippen molar-refractivity contribution in [3.05, 3.63) is 29.8 Å². The zero-order valence-corrected chi connectivity index (χ0v) is 10.6. The molecule has 0 atom stereocenters. The van der Waals surface area contributed by atoms with E-state index >= 15 is 0 Å². The summed E-state index contributed by atoms with van der Waals surface area (Å²) in [6.45, 7) is 4.47. The van der Waals surface area contributed by atoms with Crippen LogP contribution in [0.25, 0.3) is 0 Å². The van der Waals surface area contributed by atoms with E-state index in [2.05, 4.69) is 19.2 Å². The summed E-state index contributed by atoms with van der Waals surface area (Å²) in [7, 11) is 0. The summed E-state index contributed by atoms with van der Waals surface area (Å²) < 4.78 is 0. The Labute approximate surface area is 102 Å². The molecule has 1 aliphatic rings. The maximum atomic E-state index is 5.72. The molecule has 1 aromatic carbocycles. The predicted octanol–water partition coefficient (Wildman–Crippen LogP) is 2.92. The summed E-state index contributed by atoms with van der Waals surface area (Å²) in [6.07, 6.45) is 2.63. The van der Waals surface area contributed by atoms with Crippen molar-refractivity contribution < 1.29 is 0 Å². The number of hydrogen-bond acceptors (Lipinski definition) is 2. The van der Waals surface area contributed by atoms with E-state index in [1.165, 1.54) is 12.8 Å². The van der Waals surface area contributed by atoms with Crippen LogP contribution in [-0.4, -0.2) is 10.5 Å². The van der Waals surface area contributed by atoms with Gasteiger partial charge in [-0.15, -0.1) is 0 Å². The third-order valence-electron chi connectivity index (χ3n) is 3.25. The van der Waals surface area contributed by atoms with Gasteiger partial charge in [-0.1, -0.05) is 24.4 Å². The van der Waals surface area contributed by atoms with E-state index < -0.39 is 0 Å². The first-order chi connectivity index (χ1) is 7.50. The van der Waals surface area contributed by atoms with Crippen LogP contribution in [0.1, 0.15) is 32.3 Å². The first-order valence-corrected chi connectivity index (χ1v) is 6.08. The minimum absolute atomic E-state index is 0.126. The van der Waals surface area contributed by atoms with Gasteiger partial charge in [0.2, 0.25) is 0 Å². The van der Waals surface area contributed by atoms with Crippen LogP contribution >= 0.6 is 12.2 Å². The number of rotatable bonds is 4. The topological polar surface area (TPSA) is 38.0 Å². The average Bonchev–Trinajstić information content (AvgIpc) is 3.00. The maximum Gasteiger partial charge on any atom is 0.106 e. The van der Waals surface area contributed by atoms with Gasteiger partial charge in [-0.2, -0.15) is 0 Å². The highest BCUT2D eigenvalue weighted by Gasteiger charge is 2.37. The summed E-state index contributed by atoms with van der Waals surface area (Å²) >= 11 is 5.06. The molecule has 0 bridgehead atoms. The Morgan fingerprint density at radius 1 is 1.38 bits per heavy atom. The molecule has 0 unspecified atom stereocenters. The molecule has 86 valence electrons. The molecular formula is C13H18N2S. The summed E-state index contributed by atoms with van der Waals surface area (Å²) in [4.78, 5) is 0.453. The van der Waals surface area contributed by atoms with E-state index in [9.17, 15) is 0 Å². The molecule has 2 nitrogen and oxygen atoms in total. The lowest BCUT2D eigenvalue weighted by Gasteiger charge is -2.28.